The standard InChI is InChI=1S/C19H20N2O4/c1-25-15-8-6-14(7-9-15)20-10-12-21(13-11-20)18(22)16-4-2-3-5-17(16)19(23)24/h2-9H,10-13H2,1H3,(H,23,24)/p-1. The lowest BCUT2D eigenvalue weighted by Gasteiger charge is -2.36. The summed E-state index contributed by atoms with van der Waals surface area (Å²) in [5.41, 5.74) is 1.19. The molecule has 0 spiro atoms. The topological polar surface area (TPSA) is 72.9 Å². The van der Waals surface area contributed by atoms with Gasteiger partial charge in [-0.1, -0.05) is 18.2 Å². The molecule has 0 N–H and O–H groups in total. The molecule has 3 rings (SSSR count). The maximum Gasteiger partial charge on any atom is 0.254 e. The molecule has 0 saturated carbocycles. The van der Waals surface area contributed by atoms with Crippen LogP contribution in [0.4, 0.5) is 5.69 Å². The zero-order chi connectivity index (χ0) is 17.8. The van der Waals surface area contributed by atoms with E-state index in [1.165, 1.54) is 12.1 Å². The van der Waals surface area contributed by atoms with Gasteiger partial charge in [-0.2, -0.15) is 0 Å². The molecule has 6 nitrogen and oxygen atoms in total. The average Bonchev–Trinajstić information content (AvgIpc) is 2.67. The summed E-state index contributed by atoms with van der Waals surface area (Å²) < 4.78 is 5.16. The van der Waals surface area contributed by atoms with Gasteiger partial charge < -0.3 is 24.4 Å². The van der Waals surface area contributed by atoms with Gasteiger partial charge in [-0.15, -0.1) is 0 Å². The molecule has 1 heterocycles. The summed E-state index contributed by atoms with van der Waals surface area (Å²) >= 11 is 0. The van der Waals surface area contributed by atoms with Gasteiger partial charge in [0.1, 0.15) is 5.75 Å². The molecule has 25 heavy (non-hydrogen) atoms. The zero-order valence-electron chi connectivity index (χ0n) is 14.0. The van der Waals surface area contributed by atoms with Crippen molar-refractivity contribution >= 4 is 17.6 Å². The van der Waals surface area contributed by atoms with Gasteiger partial charge >= 0.3 is 0 Å². The molecule has 130 valence electrons. The van der Waals surface area contributed by atoms with Crippen molar-refractivity contribution in [2.75, 3.05) is 38.2 Å². The van der Waals surface area contributed by atoms with Crippen molar-refractivity contribution < 1.29 is 19.4 Å². The van der Waals surface area contributed by atoms with Crippen LogP contribution in [0.25, 0.3) is 0 Å². The highest BCUT2D eigenvalue weighted by Crippen LogP contribution is 2.21. The molecule has 0 bridgehead atoms. The fourth-order valence-electron chi connectivity index (χ4n) is 2.98. The Morgan fingerprint density at radius 1 is 0.920 bits per heavy atom. The van der Waals surface area contributed by atoms with Gasteiger partial charge in [0, 0.05) is 43.0 Å². The Bertz CT molecular complexity index is 765. The first-order chi connectivity index (χ1) is 12.1. The van der Waals surface area contributed by atoms with Gasteiger partial charge in [0.25, 0.3) is 5.91 Å². The third kappa shape index (κ3) is 3.57. The fourth-order valence-corrected chi connectivity index (χ4v) is 2.98. The van der Waals surface area contributed by atoms with Gasteiger partial charge in [-0.25, -0.2) is 0 Å². The highest BCUT2D eigenvalue weighted by atomic mass is 16.5. The number of benzene rings is 2. The predicted molar refractivity (Wildman–Crippen MR) is 91.9 cm³/mol. The molecule has 0 aromatic heterocycles. The minimum absolute atomic E-state index is 0.0647. The molecule has 1 amide bonds. The molecule has 1 aliphatic rings. The number of aromatic carboxylic acids is 1. The summed E-state index contributed by atoms with van der Waals surface area (Å²) in [5, 5.41) is 11.2. The smallest absolute Gasteiger partial charge is 0.254 e. The first kappa shape index (κ1) is 16.8. The van der Waals surface area contributed by atoms with E-state index >= 15 is 0 Å². The van der Waals surface area contributed by atoms with Gasteiger partial charge in [0.05, 0.1) is 13.1 Å². The van der Waals surface area contributed by atoms with Crippen molar-refractivity contribution in [3.8, 4) is 5.75 Å². The van der Waals surface area contributed by atoms with Gasteiger partial charge in [-0.3, -0.25) is 4.79 Å². The fraction of sp³-hybridized carbons (Fsp3) is 0.263. The van der Waals surface area contributed by atoms with E-state index in [0.717, 1.165) is 11.4 Å². The number of anilines is 1. The van der Waals surface area contributed by atoms with E-state index < -0.39 is 5.97 Å². The number of nitrogens with zero attached hydrogens (tertiary/aromatic N) is 2. The Labute approximate surface area is 146 Å². The number of ether oxygens (including phenoxy) is 1. The summed E-state index contributed by atoms with van der Waals surface area (Å²) in [5.74, 6) is -0.800. The first-order valence-corrected chi connectivity index (χ1v) is 8.09. The molecule has 6 heteroatoms. The van der Waals surface area contributed by atoms with Crippen LogP contribution in [0, 0.1) is 0 Å². The van der Waals surface area contributed by atoms with Crippen molar-refractivity contribution in [2.24, 2.45) is 0 Å². The summed E-state index contributed by atoms with van der Waals surface area (Å²) in [6.45, 7) is 2.44. The molecule has 1 saturated heterocycles. The number of carbonyl (C=O) groups excluding carboxylic acids is 2. The molecular formula is C19H19N2O4-. The van der Waals surface area contributed by atoms with E-state index in [-0.39, 0.29) is 17.0 Å². The molecule has 2 aromatic rings. The van der Waals surface area contributed by atoms with E-state index in [4.69, 9.17) is 4.74 Å². The average molecular weight is 339 g/mol. The van der Waals surface area contributed by atoms with E-state index in [9.17, 15) is 14.7 Å². The number of amides is 1. The predicted octanol–water partition coefficient (Wildman–Crippen LogP) is 1.02. The number of methoxy groups -OCH3 is 1. The number of carboxylic acids is 1. The quantitative estimate of drug-likeness (QED) is 0.832. The van der Waals surface area contributed by atoms with Crippen LogP contribution in [0.5, 0.6) is 5.75 Å². The zero-order valence-corrected chi connectivity index (χ0v) is 14.0. The number of hydrogen-bond donors (Lipinski definition) is 0. The second kappa shape index (κ2) is 7.25. The highest BCUT2D eigenvalue weighted by molar-refractivity contribution is 6.04. The van der Waals surface area contributed by atoms with Crippen LogP contribution in [0.2, 0.25) is 0 Å². The third-order valence-electron chi connectivity index (χ3n) is 4.38. The summed E-state index contributed by atoms with van der Waals surface area (Å²) in [6, 6.07) is 14.0. The van der Waals surface area contributed by atoms with E-state index in [1.54, 1.807) is 24.1 Å². The summed E-state index contributed by atoms with van der Waals surface area (Å²) in [6.07, 6.45) is 0. The van der Waals surface area contributed by atoms with Crippen LogP contribution in [0.15, 0.2) is 48.5 Å². The van der Waals surface area contributed by atoms with Crippen molar-refractivity contribution in [1.29, 1.82) is 0 Å². The van der Waals surface area contributed by atoms with E-state index in [1.807, 2.05) is 24.3 Å². The van der Waals surface area contributed by atoms with Crippen molar-refractivity contribution in [3.63, 3.8) is 0 Å². The molecule has 0 unspecified atom stereocenters. The van der Waals surface area contributed by atoms with Crippen LogP contribution < -0.4 is 14.7 Å². The SMILES string of the molecule is COc1ccc(N2CCN(C(=O)c3ccccc3C(=O)[O-])CC2)cc1. The lowest BCUT2D eigenvalue weighted by Crippen LogP contribution is -2.49. The monoisotopic (exact) mass is 339 g/mol. The Morgan fingerprint density at radius 3 is 2.08 bits per heavy atom. The van der Waals surface area contributed by atoms with Crippen molar-refractivity contribution in [2.45, 2.75) is 0 Å². The van der Waals surface area contributed by atoms with Gasteiger partial charge in [-0.05, 0) is 30.3 Å². The normalized spacial score (nSPS) is 14.3. The molecular weight excluding hydrogens is 320 g/mol. The first-order valence-electron chi connectivity index (χ1n) is 8.09. The number of piperazine rings is 1. The molecule has 2 aromatic carbocycles. The Kier molecular flexibility index (Phi) is 4.88. The van der Waals surface area contributed by atoms with Crippen molar-refractivity contribution in [1.82, 2.24) is 4.90 Å². The number of carboxylic acid groups (broad SMARTS) is 1. The minimum Gasteiger partial charge on any atom is -0.545 e. The highest BCUT2D eigenvalue weighted by Gasteiger charge is 2.24. The van der Waals surface area contributed by atoms with Crippen LogP contribution in [0.3, 0.4) is 0 Å². The number of rotatable bonds is 4. The van der Waals surface area contributed by atoms with Crippen LogP contribution in [0.1, 0.15) is 20.7 Å². The van der Waals surface area contributed by atoms with Gasteiger partial charge in [0.2, 0.25) is 0 Å². The lowest BCUT2D eigenvalue weighted by molar-refractivity contribution is -0.255. The molecule has 0 radical (unpaired) electrons. The second-order valence-electron chi connectivity index (χ2n) is 5.81. The maximum absolute atomic E-state index is 12.7. The van der Waals surface area contributed by atoms with Crippen LogP contribution in [-0.2, 0) is 0 Å². The Morgan fingerprint density at radius 2 is 1.52 bits per heavy atom. The molecule has 1 aliphatic heterocycles. The van der Waals surface area contributed by atoms with Crippen LogP contribution in [-0.4, -0.2) is 50.1 Å². The molecule has 1 fully saturated rings. The van der Waals surface area contributed by atoms with Gasteiger partial charge in [0.15, 0.2) is 0 Å². The minimum atomic E-state index is -1.33. The maximum atomic E-state index is 12.7. The number of hydrogen-bond acceptors (Lipinski definition) is 5. The Hall–Kier alpha value is -3.02. The molecule has 0 atom stereocenters. The molecule has 0 aliphatic carbocycles. The summed E-state index contributed by atoms with van der Waals surface area (Å²) in [7, 11) is 1.63. The van der Waals surface area contributed by atoms with Crippen molar-refractivity contribution in [3.05, 3.63) is 59.7 Å². The second-order valence-corrected chi connectivity index (χ2v) is 5.81. The third-order valence-corrected chi connectivity index (χ3v) is 4.38. The van der Waals surface area contributed by atoms with Crippen LogP contribution >= 0.6 is 0 Å². The summed E-state index contributed by atoms with van der Waals surface area (Å²) in [4.78, 5) is 27.7. The Balaban J connectivity index is 1.67. The number of carbonyl (C=O) groups is 2. The van der Waals surface area contributed by atoms with E-state index in [2.05, 4.69) is 4.90 Å². The van der Waals surface area contributed by atoms with E-state index in [0.29, 0.717) is 26.2 Å². The lowest BCUT2D eigenvalue weighted by atomic mass is 10.1. The largest absolute Gasteiger partial charge is 0.545 e.